The van der Waals surface area contributed by atoms with Crippen molar-refractivity contribution < 1.29 is 23.0 Å². The van der Waals surface area contributed by atoms with Crippen LogP contribution in [0.15, 0.2) is 24.3 Å². The van der Waals surface area contributed by atoms with E-state index in [0.29, 0.717) is 31.3 Å². The van der Waals surface area contributed by atoms with Gasteiger partial charge in [-0.25, -0.2) is 0 Å². The van der Waals surface area contributed by atoms with Crippen molar-refractivity contribution in [2.24, 2.45) is 0 Å². The van der Waals surface area contributed by atoms with Crippen LogP contribution in [0.1, 0.15) is 30.1 Å². The Kier molecular flexibility index (Phi) is 5.24. The number of ether oxygens (including phenoxy) is 1. The minimum atomic E-state index is -4.39. The second-order valence-corrected chi connectivity index (χ2v) is 5.36. The first-order valence-corrected chi connectivity index (χ1v) is 7.00. The second kappa shape index (κ2) is 6.77. The fourth-order valence-electron chi connectivity index (χ4n) is 2.32. The highest BCUT2D eigenvalue weighted by Crippen LogP contribution is 2.32. The van der Waals surface area contributed by atoms with Crippen molar-refractivity contribution in [3.63, 3.8) is 0 Å². The van der Waals surface area contributed by atoms with Gasteiger partial charge in [0.05, 0.1) is 18.3 Å². The first-order chi connectivity index (χ1) is 9.91. The Labute approximate surface area is 122 Å². The van der Waals surface area contributed by atoms with Gasteiger partial charge < -0.3 is 9.84 Å². The normalized spacial score (nSPS) is 17.2. The van der Waals surface area contributed by atoms with Crippen molar-refractivity contribution in [1.29, 1.82) is 0 Å². The lowest BCUT2D eigenvalue weighted by atomic mass is 10.1. The zero-order chi connectivity index (χ0) is 15.5. The van der Waals surface area contributed by atoms with Crippen molar-refractivity contribution in [1.82, 2.24) is 4.90 Å². The Morgan fingerprint density at radius 1 is 1.38 bits per heavy atom. The monoisotopic (exact) mass is 303 g/mol. The molecule has 1 aromatic carbocycles. The van der Waals surface area contributed by atoms with E-state index in [2.05, 4.69) is 4.90 Å². The lowest BCUT2D eigenvalue weighted by Crippen LogP contribution is -2.33. The molecule has 1 N–H and O–H groups in total. The predicted molar refractivity (Wildman–Crippen MR) is 72.9 cm³/mol. The standard InChI is InChI=1S/C15H20F3NO2/c1-21-8-7-19(13-5-6-13)10-14(20)11-3-2-4-12(9-11)15(16,17)18/h2-4,9,13-14,20H,5-8,10H2,1H3/t14-/m0/s1. The van der Waals surface area contributed by atoms with E-state index in [0.717, 1.165) is 25.0 Å². The molecule has 0 bridgehead atoms. The number of aliphatic hydroxyl groups is 1. The maximum absolute atomic E-state index is 12.7. The topological polar surface area (TPSA) is 32.7 Å². The minimum Gasteiger partial charge on any atom is -0.387 e. The first-order valence-electron chi connectivity index (χ1n) is 7.00. The van der Waals surface area contributed by atoms with E-state index in [4.69, 9.17) is 4.74 Å². The van der Waals surface area contributed by atoms with Crippen LogP contribution in [-0.4, -0.2) is 42.9 Å². The summed E-state index contributed by atoms with van der Waals surface area (Å²) >= 11 is 0. The van der Waals surface area contributed by atoms with Crippen molar-refractivity contribution in [3.8, 4) is 0 Å². The van der Waals surface area contributed by atoms with Gasteiger partial charge in [0.2, 0.25) is 0 Å². The molecule has 6 heteroatoms. The molecule has 0 amide bonds. The Morgan fingerprint density at radius 3 is 2.67 bits per heavy atom. The average molecular weight is 303 g/mol. The summed E-state index contributed by atoms with van der Waals surface area (Å²) in [4.78, 5) is 2.08. The van der Waals surface area contributed by atoms with Gasteiger partial charge in [0, 0.05) is 26.2 Å². The average Bonchev–Trinajstić information content (AvgIpc) is 3.27. The highest BCUT2D eigenvalue weighted by atomic mass is 19.4. The molecular weight excluding hydrogens is 283 g/mol. The molecule has 1 aliphatic rings. The van der Waals surface area contributed by atoms with Crippen LogP contribution in [0.3, 0.4) is 0 Å². The number of hydrogen-bond acceptors (Lipinski definition) is 3. The quantitative estimate of drug-likeness (QED) is 0.841. The molecule has 118 valence electrons. The number of benzene rings is 1. The molecule has 1 fully saturated rings. The molecular formula is C15H20F3NO2. The van der Waals surface area contributed by atoms with Crippen LogP contribution in [0.5, 0.6) is 0 Å². The third-order valence-corrected chi connectivity index (χ3v) is 3.65. The molecule has 0 aromatic heterocycles. The Bertz CT molecular complexity index is 460. The largest absolute Gasteiger partial charge is 0.416 e. The fraction of sp³-hybridized carbons (Fsp3) is 0.600. The van der Waals surface area contributed by atoms with Gasteiger partial charge in [-0.05, 0) is 30.5 Å². The highest BCUT2D eigenvalue weighted by molar-refractivity contribution is 5.27. The molecule has 1 saturated carbocycles. The molecule has 0 aliphatic heterocycles. The van der Waals surface area contributed by atoms with Gasteiger partial charge >= 0.3 is 6.18 Å². The van der Waals surface area contributed by atoms with Gasteiger partial charge in [-0.2, -0.15) is 13.2 Å². The Balaban J connectivity index is 2.03. The van der Waals surface area contributed by atoms with Gasteiger partial charge in [0.15, 0.2) is 0 Å². The van der Waals surface area contributed by atoms with Crippen LogP contribution in [-0.2, 0) is 10.9 Å². The van der Waals surface area contributed by atoms with Gasteiger partial charge in [-0.15, -0.1) is 0 Å². The van der Waals surface area contributed by atoms with E-state index < -0.39 is 17.8 Å². The molecule has 0 heterocycles. The van der Waals surface area contributed by atoms with E-state index in [-0.39, 0.29) is 0 Å². The van der Waals surface area contributed by atoms with Crippen LogP contribution in [0.2, 0.25) is 0 Å². The zero-order valence-corrected chi connectivity index (χ0v) is 11.9. The third-order valence-electron chi connectivity index (χ3n) is 3.65. The molecule has 1 aliphatic carbocycles. The van der Waals surface area contributed by atoms with Crippen LogP contribution < -0.4 is 0 Å². The lowest BCUT2D eigenvalue weighted by Gasteiger charge is -2.25. The van der Waals surface area contributed by atoms with Crippen molar-refractivity contribution in [3.05, 3.63) is 35.4 Å². The summed E-state index contributed by atoms with van der Waals surface area (Å²) in [6.07, 6.45) is -3.18. The number of nitrogens with zero attached hydrogens (tertiary/aromatic N) is 1. The molecule has 1 atom stereocenters. The van der Waals surface area contributed by atoms with E-state index >= 15 is 0 Å². The third kappa shape index (κ3) is 4.69. The molecule has 0 spiro atoms. The summed E-state index contributed by atoms with van der Waals surface area (Å²) in [6, 6.07) is 5.31. The molecule has 2 rings (SSSR count). The maximum atomic E-state index is 12.7. The maximum Gasteiger partial charge on any atom is 0.416 e. The van der Waals surface area contributed by atoms with Crippen molar-refractivity contribution in [2.45, 2.75) is 31.2 Å². The fourth-order valence-corrected chi connectivity index (χ4v) is 2.32. The van der Waals surface area contributed by atoms with Gasteiger partial charge in [0.1, 0.15) is 0 Å². The first kappa shape index (κ1) is 16.3. The summed E-state index contributed by atoms with van der Waals surface area (Å²) in [7, 11) is 1.61. The summed E-state index contributed by atoms with van der Waals surface area (Å²) in [5, 5.41) is 10.2. The number of rotatable bonds is 7. The molecule has 0 radical (unpaired) electrons. The Morgan fingerprint density at radius 2 is 2.10 bits per heavy atom. The van der Waals surface area contributed by atoms with E-state index in [1.54, 1.807) is 7.11 Å². The van der Waals surface area contributed by atoms with E-state index in [9.17, 15) is 18.3 Å². The number of alkyl halides is 3. The van der Waals surface area contributed by atoms with Crippen molar-refractivity contribution >= 4 is 0 Å². The number of methoxy groups -OCH3 is 1. The van der Waals surface area contributed by atoms with E-state index in [1.807, 2.05) is 0 Å². The van der Waals surface area contributed by atoms with Gasteiger partial charge in [0.25, 0.3) is 0 Å². The molecule has 3 nitrogen and oxygen atoms in total. The summed E-state index contributed by atoms with van der Waals surface area (Å²) in [6.45, 7) is 1.55. The number of aliphatic hydroxyl groups excluding tert-OH is 1. The molecule has 0 saturated heterocycles. The minimum absolute atomic E-state index is 0.299. The van der Waals surface area contributed by atoms with Crippen LogP contribution >= 0.6 is 0 Å². The summed E-state index contributed by atoms with van der Waals surface area (Å²) < 4.78 is 43.1. The smallest absolute Gasteiger partial charge is 0.387 e. The molecule has 0 unspecified atom stereocenters. The van der Waals surface area contributed by atoms with Gasteiger partial charge in [-0.1, -0.05) is 12.1 Å². The predicted octanol–water partition coefficient (Wildman–Crippen LogP) is 2.85. The summed E-state index contributed by atoms with van der Waals surface area (Å²) in [5.74, 6) is 0. The Hall–Kier alpha value is -1.11. The summed E-state index contributed by atoms with van der Waals surface area (Å²) in [5.41, 5.74) is -0.429. The van der Waals surface area contributed by atoms with Crippen LogP contribution in [0, 0.1) is 0 Å². The SMILES string of the molecule is COCCN(C[C@H](O)c1cccc(C(F)(F)F)c1)C1CC1. The number of hydrogen-bond donors (Lipinski definition) is 1. The lowest BCUT2D eigenvalue weighted by molar-refractivity contribution is -0.137. The van der Waals surface area contributed by atoms with Crippen molar-refractivity contribution in [2.75, 3.05) is 26.8 Å². The molecule has 21 heavy (non-hydrogen) atoms. The van der Waals surface area contributed by atoms with Crippen LogP contribution in [0.4, 0.5) is 13.2 Å². The zero-order valence-electron chi connectivity index (χ0n) is 11.9. The van der Waals surface area contributed by atoms with Gasteiger partial charge in [-0.3, -0.25) is 4.90 Å². The highest BCUT2D eigenvalue weighted by Gasteiger charge is 2.32. The van der Waals surface area contributed by atoms with E-state index in [1.165, 1.54) is 12.1 Å². The van der Waals surface area contributed by atoms with Crippen LogP contribution in [0.25, 0.3) is 0 Å². The molecule has 1 aromatic rings. The number of halogens is 3. The second-order valence-electron chi connectivity index (χ2n) is 5.36.